The van der Waals surface area contributed by atoms with E-state index in [-0.39, 0.29) is 5.91 Å². The summed E-state index contributed by atoms with van der Waals surface area (Å²) in [6.07, 6.45) is 2.84. The molecule has 0 bridgehead atoms. The predicted octanol–water partition coefficient (Wildman–Crippen LogP) is 0.0971. The summed E-state index contributed by atoms with van der Waals surface area (Å²) < 4.78 is 0. The van der Waals surface area contributed by atoms with Gasteiger partial charge in [0.15, 0.2) is 0 Å². The molecule has 0 aromatic heterocycles. The summed E-state index contributed by atoms with van der Waals surface area (Å²) in [4.78, 5) is 13.6. The molecule has 3 N–H and O–H groups in total. The van der Waals surface area contributed by atoms with Crippen molar-refractivity contribution < 1.29 is 9.90 Å². The smallest absolute Gasteiger partial charge is 0.242 e. The first-order chi connectivity index (χ1) is 6.89. The van der Waals surface area contributed by atoms with Gasteiger partial charge in [0.05, 0.1) is 18.6 Å². The molecule has 1 atom stereocenters. The third-order valence-corrected chi connectivity index (χ3v) is 3.78. The Balaban J connectivity index is 1.91. The standard InChI is InChI=1S/C11H20N2O2/c1-3-10(2,12)9(14)13-6-11(15,7-13)8-4-5-8/h8,15H,3-7,12H2,1-2H3. The topological polar surface area (TPSA) is 66.6 Å². The van der Waals surface area contributed by atoms with Crippen molar-refractivity contribution in [1.29, 1.82) is 0 Å². The third-order valence-electron chi connectivity index (χ3n) is 3.78. The molecule has 15 heavy (non-hydrogen) atoms. The number of hydrogen-bond donors (Lipinski definition) is 2. The molecular formula is C11H20N2O2. The Kier molecular flexibility index (Phi) is 2.32. The summed E-state index contributed by atoms with van der Waals surface area (Å²) in [7, 11) is 0. The molecule has 4 nitrogen and oxygen atoms in total. The van der Waals surface area contributed by atoms with Gasteiger partial charge in [0.25, 0.3) is 0 Å². The number of carbonyl (C=O) groups is 1. The zero-order chi connectivity index (χ0) is 11.3. The first kappa shape index (κ1) is 10.9. The zero-order valence-corrected chi connectivity index (χ0v) is 9.49. The minimum absolute atomic E-state index is 0.0321. The summed E-state index contributed by atoms with van der Waals surface area (Å²) in [5.74, 6) is 0.391. The van der Waals surface area contributed by atoms with Crippen molar-refractivity contribution in [3.05, 3.63) is 0 Å². The SMILES string of the molecule is CCC(C)(N)C(=O)N1CC(O)(C2CC2)C1. The highest BCUT2D eigenvalue weighted by molar-refractivity contribution is 5.86. The minimum Gasteiger partial charge on any atom is -0.386 e. The molecule has 2 rings (SSSR count). The molecule has 0 aromatic rings. The number of amides is 1. The molecule has 4 heteroatoms. The molecule has 1 unspecified atom stereocenters. The van der Waals surface area contributed by atoms with E-state index in [0.717, 1.165) is 12.8 Å². The molecule has 0 aromatic carbocycles. The van der Waals surface area contributed by atoms with Crippen LogP contribution in [0.1, 0.15) is 33.1 Å². The van der Waals surface area contributed by atoms with E-state index in [0.29, 0.717) is 25.4 Å². The third kappa shape index (κ3) is 1.76. The summed E-state index contributed by atoms with van der Waals surface area (Å²) in [5.41, 5.74) is 4.51. The van der Waals surface area contributed by atoms with Gasteiger partial charge in [-0.25, -0.2) is 0 Å². The summed E-state index contributed by atoms with van der Waals surface area (Å²) in [6.45, 7) is 4.61. The monoisotopic (exact) mass is 212 g/mol. The number of carbonyl (C=O) groups excluding carboxylic acids is 1. The van der Waals surface area contributed by atoms with Gasteiger partial charge in [0, 0.05) is 0 Å². The van der Waals surface area contributed by atoms with Crippen LogP contribution in [0.25, 0.3) is 0 Å². The summed E-state index contributed by atoms with van der Waals surface area (Å²) >= 11 is 0. The fraction of sp³-hybridized carbons (Fsp3) is 0.909. The number of aliphatic hydroxyl groups is 1. The van der Waals surface area contributed by atoms with Gasteiger partial charge >= 0.3 is 0 Å². The molecule has 1 aliphatic carbocycles. The van der Waals surface area contributed by atoms with Crippen molar-refractivity contribution in [3.8, 4) is 0 Å². The Morgan fingerprint density at radius 3 is 2.53 bits per heavy atom. The van der Waals surface area contributed by atoms with Crippen molar-refractivity contribution in [3.63, 3.8) is 0 Å². The van der Waals surface area contributed by atoms with Gasteiger partial charge in [0.2, 0.25) is 5.91 Å². The highest BCUT2D eigenvalue weighted by Gasteiger charge is 2.54. The van der Waals surface area contributed by atoms with Gasteiger partial charge in [-0.1, -0.05) is 6.92 Å². The van der Waals surface area contributed by atoms with Crippen LogP contribution in [0.4, 0.5) is 0 Å². The highest BCUT2D eigenvalue weighted by Crippen LogP contribution is 2.44. The van der Waals surface area contributed by atoms with Crippen LogP contribution in [0.3, 0.4) is 0 Å². The molecule has 2 fully saturated rings. The number of likely N-dealkylation sites (tertiary alicyclic amines) is 1. The fourth-order valence-corrected chi connectivity index (χ4v) is 2.15. The van der Waals surface area contributed by atoms with E-state index < -0.39 is 11.1 Å². The van der Waals surface area contributed by atoms with Gasteiger partial charge < -0.3 is 15.7 Å². The predicted molar refractivity (Wildman–Crippen MR) is 57.1 cm³/mol. The van der Waals surface area contributed by atoms with E-state index in [4.69, 9.17) is 5.73 Å². The molecule has 1 amide bonds. The molecule has 1 heterocycles. The lowest BCUT2D eigenvalue weighted by atomic mass is 9.86. The second kappa shape index (κ2) is 3.19. The van der Waals surface area contributed by atoms with Crippen molar-refractivity contribution in [1.82, 2.24) is 4.90 Å². The maximum atomic E-state index is 11.9. The van der Waals surface area contributed by atoms with E-state index in [1.54, 1.807) is 11.8 Å². The highest BCUT2D eigenvalue weighted by atomic mass is 16.3. The van der Waals surface area contributed by atoms with Crippen LogP contribution in [0.5, 0.6) is 0 Å². The van der Waals surface area contributed by atoms with Gasteiger partial charge in [-0.05, 0) is 32.1 Å². The van der Waals surface area contributed by atoms with E-state index in [2.05, 4.69) is 0 Å². The van der Waals surface area contributed by atoms with Crippen molar-refractivity contribution in [2.45, 2.75) is 44.2 Å². The number of rotatable bonds is 3. The lowest BCUT2D eigenvalue weighted by molar-refractivity contribution is -0.164. The summed E-state index contributed by atoms with van der Waals surface area (Å²) in [6, 6.07) is 0. The number of nitrogens with zero attached hydrogens (tertiary/aromatic N) is 1. The Morgan fingerprint density at radius 1 is 1.60 bits per heavy atom. The second-order valence-corrected chi connectivity index (χ2v) is 5.31. The van der Waals surface area contributed by atoms with E-state index in [9.17, 15) is 9.90 Å². The van der Waals surface area contributed by atoms with Crippen LogP contribution in [-0.2, 0) is 4.79 Å². The lowest BCUT2D eigenvalue weighted by Crippen LogP contribution is -2.69. The van der Waals surface area contributed by atoms with Crippen molar-refractivity contribution in [2.24, 2.45) is 11.7 Å². The molecule has 86 valence electrons. The molecule has 1 aliphatic heterocycles. The molecule has 0 spiro atoms. The van der Waals surface area contributed by atoms with Crippen LogP contribution < -0.4 is 5.73 Å². The molecule has 1 saturated heterocycles. The maximum absolute atomic E-state index is 11.9. The Morgan fingerprint density at radius 2 is 2.13 bits per heavy atom. The van der Waals surface area contributed by atoms with Gasteiger partial charge in [-0.15, -0.1) is 0 Å². The quantitative estimate of drug-likeness (QED) is 0.697. The van der Waals surface area contributed by atoms with E-state index in [1.807, 2.05) is 6.92 Å². The minimum atomic E-state index is -0.773. The van der Waals surface area contributed by atoms with Crippen LogP contribution >= 0.6 is 0 Å². The van der Waals surface area contributed by atoms with Gasteiger partial charge in [0.1, 0.15) is 5.60 Å². The van der Waals surface area contributed by atoms with Gasteiger partial charge in [-0.3, -0.25) is 4.79 Å². The molecular weight excluding hydrogens is 192 g/mol. The van der Waals surface area contributed by atoms with Gasteiger partial charge in [-0.2, -0.15) is 0 Å². The Labute approximate surface area is 90.4 Å². The first-order valence-corrected chi connectivity index (χ1v) is 5.70. The molecule has 1 saturated carbocycles. The van der Waals surface area contributed by atoms with E-state index >= 15 is 0 Å². The normalized spacial score (nSPS) is 28.1. The average Bonchev–Trinajstić information content (AvgIpc) is 2.94. The van der Waals surface area contributed by atoms with Crippen LogP contribution in [0, 0.1) is 5.92 Å². The Bertz CT molecular complexity index is 278. The lowest BCUT2D eigenvalue weighted by Gasteiger charge is -2.49. The van der Waals surface area contributed by atoms with Crippen molar-refractivity contribution >= 4 is 5.91 Å². The number of hydrogen-bond acceptors (Lipinski definition) is 3. The van der Waals surface area contributed by atoms with Crippen LogP contribution in [0.15, 0.2) is 0 Å². The largest absolute Gasteiger partial charge is 0.386 e. The maximum Gasteiger partial charge on any atom is 0.242 e. The van der Waals surface area contributed by atoms with Crippen LogP contribution in [0.2, 0.25) is 0 Å². The second-order valence-electron chi connectivity index (χ2n) is 5.31. The number of nitrogens with two attached hydrogens (primary N) is 1. The number of β-amino-alcohol motifs (C(OH)–C–C–N with tert-alkyl or cyclic N) is 1. The van der Waals surface area contributed by atoms with Crippen molar-refractivity contribution in [2.75, 3.05) is 13.1 Å². The zero-order valence-electron chi connectivity index (χ0n) is 9.49. The van der Waals surface area contributed by atoms with E-state index in [1.165, 1.54) is 0 Å². The molecule has 2 aliphatic rings. The molecule has 0 radical (unpaired) electrons. The fourth-order valence-electron chi connectivity index (χ4n) is 2.15. The Hall–Kier alpha value is -0.610. The summed E-state index contributed by atoms with van der Waals surface area (Å²) in [5, 5.41) is 10.1. The van der Waals surface area contributed by atoms with Crippen LogP contribution in [-0.4, -0.2) is 40.1 Å². The average molecular weight is 212 g/mol. The first-order valence-electron chi connectivity index (χ1n) is 5.70.